The maximum Gasteiger partial charge on any atom is 0.256 e. The van der Waals surface area contributed by atoms with Gasteiger partial charge in [0.1, 0.15) is 11.6 Å². The molecule has 0 aliphatic carbocycles. The number of rotatable bonds is 2. The van der Waals surface area contributed by atoms with Crippen molar-refractivity contribution in [1.29, 1.82) is 0 Å². The number of nitrogens with zero attached hydrogens (tertiary/aromatic N) is 1. The monoisotopic (exact) mass is 288 g/mol. The molecule has 1 aliphatic heterocycles. The van der Waals surface area contributed by atoms with Crippen molar-refractivity contribution in [3.05, 3.63) is 41.0 Å². The Kier molecular flexibility index (Phi) is 4.43. The van der Waals surface area contributed by atoms with E-state index in [1.165, 1.54) is 0 Å². The molecule has 21 heavy (non-hydrogen) atoms. The lowest BCUT2D eigenvalue weighted by Crippen LogP contribution is -2.39. The molecule has 112 valence electrons. The van der Waals surface area contributed by atoms with Gasteiger partial charge in [-0.05, 0) is 56.2 Å². The first-order chi connectivity index (χ1) is 9.93. The molecule has 1 aromatic rings. The lowest BCUT2D eigenvalue weighted by atomic mass is 9.96. The van der Waals surface area contributed by atoms with Gasteiger partial charge in [0.25, 0.3) is 5.91 Å². The number of aliphatic hydroxyl groups is 1. The van der Waals surface area contributed by atoms with Crippen LogP contribution in [0, 0.1) is 0 Å². The van der Waals surface area contributed by atoms with Gasteiger partial charge in [-0.25, -0.2) is 0 Å². The number of aliphatic imine (C=N–C) groups is 1. The van der Waals surface area contributed by atoms with Gasteiger partial charge in [0.05, 0.1) is 19.3 Å². The van der Waals surface area contributed by atoms with E-state index in [0.29, 0.717) is 17.1 Å². The smallest absolute Gasteiger partial charge is 0.256 e. The van der Waals surface area contributed by atoms with Crippen LogP contribution in [0.5, 0.6) is 5.75 Å². The molecule has 0 bridgehead atoms. The van der Waals surface area contributed by atoms with Crippen LogP contribution < -0.4 is 10.1 Å². The number of hydrogen-bond acceptors (Lipinski definition) is 4. The Morgan fingerprint density at radius 3 is 2.48 bits per heavy atom. The minimum Gasteiger partial charge on any atom is -0.497 e. The molecule has 0 aromatic heterocycles. The zero-order chi connectivity index (χ0) is 15.6. The van der Waals surface area contributed by atoms with Crippen molar-refractivity contribution in [2.75, 3.05) is 7.11 Å². The highest BCUT2D eigenvalue weighted by Crippen LogP contribution is 2.20. The molecular weight excluding hydrogens is 268 g/mol. The first-order valence-electron chi connectivity index (χ1n) is 6.83. The van der Waals surface area contributed by atoms with Crippen LogP contribution in [0.1, 0.15) is 31.1 Å². The Hall–Kier alpha value is -2.14. The molecular formula is C16H20N2O3. The van der Waals surface area contributed by atoms with Crippen LogP contribution in [0.3, 0.4) is 0 Å². The molecule has 1 aliphatic rings. The van der Waals surface area contributed by atoms with Crippen molar-refractivity contribution in [2.24, 2.45) is 4.99 Å². The van der Waals surface area contributed by atoms with E-state index in [1.807, 2.05) is 20.8 Å². The van der Waals surface area contributed by atoms with Crippen LogP contribution in [0.25, 0.3) is 0 Å². The predicted octanol–water partition coefficient (Wildman–Crippen LogP) is 1.92. The Morgan fingerprint density at radius 1 is 1.29 bits per heavy atom. The number of carbonyl (C=O) groups is 1. The summed E-state index contributed by atoms with van der Waals surface area (Å²) in [6, 6.07) is 6.60. The molecule has 5 nitrogen and oxygen atoms in total. The molecule has 0 fully saturated rings. The molecule has 5 heteroatoms. The van der Waals surface area contributed by atoms with Crippen molar-refractivity contribution in [2.45, 2.75) is 32.9 Å². The maximum absolute atomic E-state index is 12.2. The van der Waals surface area contributed by atoms with E-state index in [0.717, 1.165) is 11.1 Å². The van der Waals surface area contributed by atoms with Gasteiger partial charge in [0.2, 0.25) is 0 Å². The van der Waals surface area contributed by atoms with Gasteiger partial charge in [-0.2, -0.15) is 0 Å². The number of amides is 1. The first kappa shape index (κ1) is 15.3. The molecule has 1 amide bonds. The Balaban J connectivity index is 2.17. The molecule has 2 rings (SSSR count). The third-order valence-electron chi connectivity index (χ3n) is 3.76. The lowest BCUT2D eigenvalue weighted by molar-refractivity contribution is 0.0976. The largest absolute Gasteiger partial charge is 0.497 e. The predicted molar refractivity (Wildman–Crippen MR) is 81.7 cm³/mol. The lowest BCUT2D eigenvalue weighted by Gasteiger charge is -2.26. The molecule has 2 unspecified atom stereocenters. The highest BCUT2D eigenvalue weighted by molar-refractivity contribution is 6.13. The Labute approximate surface area is 124 Å². The van der Waals surface area contributed by atoms with Crippen LogP contribution >= 0.6 is 0 Å². The summed E-state index contributed by atoms with van der Waals surface area (Å²) in [7, 11) is 1.58. The van der Waals surface area contributed by atoms with Crippen molar-refractivity contribution >= 4 is 11.7 Å². The third kappa shape index (κ3) is 3.13. The van der Waals surface area contributed by atoms with Gasteiger partial charge in [-0.15, -0.1) is 0 Å². The number of benzene rings is 1. The van der Waals surface area contributed by atoms with E-state index in [-0.39, 0.29) is 11.9 Å². The second-order valence-corrected chi connectivity index (χ2v) is 5.15. The van der Waals surface area contributed by atoms with Gasteiger partial charge in [-0.3, -0.25) is 9.79 Å². The van der Waals surface area contributed by atoms with Crippen LogP contribution in [-0.2, 0) is 0 Å². The Bertz CT molecular complexity index is 602. The summed E-state index contributed by atoms with van der Waals surface area (Å²) in [5.74, 6) is 0.989. The van der Waals surface area contributed by atoms with Gasteiger partial charge in [0.15, 0.2) is 0 Å². The third-order valence-corrected chi connectivity index (χ3v) is 3.76. The van der Waals surface area contributed by atoms with E-state index < -0.39 is 6.10 Å². The zero-order valence-electron chi connectivity index (χ0n) is 12.7. The minimum atomic E-state index is -0.591. The average Bonchev–Trinajstić information content (AvgIpc) is 2.50. The number of carbonyl (C=O) groups excluding carboxylic acids is 1. The average molecular weight is 288 g/mol. The molecule has 0 saturated carbocycles. The van der Waals surface area contributed by atoms with Gasteiger partial charge in [0, 0.05) is 5.56 Å². The van der Waals surface area contributed by atoms with E-state index >= 15 is 0 Å². The summed E-state index contributed by atoms with van der Waals surface area (Å²) in [5, 5.41) is 12.8. The van der Waals surface area contributed by atoms with Crippen LogP contribution in [0.4, 0.5) is 0 Å². The van der Waals surface area contributed by atoms with Crippen LogP contribution in [0.2, 0.25) is 0 Å². The fourth-order valence-electron chi connectivity index (χ4n) is 2.19. The van der Waals surface area contributed by atoms with E-state index in [2.05, 4.69) is 10.3 Å². The number of amidine groups is 1. The quantitative estimate of drug-likeness (QED) is 0.873. The summed E-state index contributed by atoms with van der Waals surface area (Å²) < 4.78 is 5.07. The minimum absolute atomic E-state index is 0.229. The molecule has 0 radical (unpaired) electrons. The van der Waals surface area contributed by atoms with Crippen LogP contribution in [-0.4, -0.2) is 36.1 Å². The van der Waals surface area contributed by atoms with Crippen molar-refractivity contribution < 1.29 is 14.6 Å². The Morgan fingerprint density at radius 2 is 1.90 bits per heavy atom. The number of ether oxygens (including phenoxy) is 1. The van der Waals surface area contributed by atoms with E-state index in [4.69, 9.17) is 4.74 Å². The molecule has 2 N–H and O–H groups in total. The fraction of sp³-hybridized carbons (Fsp3) is 0.375. The number of aliphatic hydroxyl groups excluding tert-OH is 1. The van der Waals surface area contributed by atoms with Crippen molar-refractivity contribution in [3.63, 3.8) is 0 Å². The summed E-state index contributed by atoms with van der Waals surface area (Å²) >= 11 is 0. The van der Waals surface area contributed by atoms with Crippen molar-refractivity contribution in [1.82, 2.24) is 5.32 Å². The molecule has 1 heterocycles. The normalized spacial score (nSPS) is 21.9. The summed E-state index contributed by atoms with van der Waals surface area (Å²) in [5.41, 5.74) is 2.17. The molecule has 0 spiro atoms. The number of dihydropyridines is 1. The number of hydrogen-bond donors (Lipinski definition) is 2. The van der Waals surface area contributed by atoms with Gasteiger partial charge >= 0.3 is 0 Å². The SMILES string of the molecule is COc1ccc(C(=O)NC2=NC(C)C(O)C(C)=C2C)cc1. The maximum atomic E-state index is 12.2. The highest BCUT2D eigenvalue weighted by atomic mass is 16.5. The van der Waals surface area contributed by atoms with Crippen molar-refractivity contribution in [3.8, 4) is 5.75 Å². The van der Waals surface area contributed by atoms with Gasteiger partial charge in [-0.1, -0.05) is 0 Å². The molecule has 0 saturated heterocycles. The fourth-order valence-corrected chi connectivity index (χ4v) is 2.19. The second-order valence-electron chi connectivity index (χ2n) is 5.15. The standard InChI is InChI=1S/C16H20N2O3/c1-9-10(2)15(17-11(3)14(9)19)18-16(20)12-5-7-13(21-4)8-6-12/h5-8,11,14,19H,1-4H3,(H,17,18,20). The van der Waals surface area contributed by atoms with Crippen LogP contribution in [0.15, 0.2) is 40.4 Å². The number of methoxy groups -OCH3 is 1. The summed E-state index contributed by atoms with van der Waals surface area (Å²) in [4.78, 5) is 16.6. The summed E-state index contributed by atoms with van der Waals surface area (Å²) in [6.45, 7) is 5.52. The van der Waals surface area contributed by atoms with E-state index in [1.54, 1.807) is 31.4 Å². The zero-order valence-corrected chi connectivity index (χ0v) is 12.7. The molecule has 1 aromatic carbocycles. The summed E-state index contributed by atoms with van der Waals surface area (Å²) in [6.07, 6.45) is -0.591. The van der Waals surface area contributed by atoms with Gasteiger partial charge < -0.3 is 15.2 Å². The topological polar surface area (TPSA) is 70.9 Å². The van der Waals surface area contributed by atoms with E-state index in [9.17, 15) is 9.90 Å². The molecule has 2 atom stereocenters. The highest BCUT2D eigenvalue weighted by Gasteiger charge is 2.25. The second kappa shape index (κ2) is 6.10. The first-order valence-corrected chi connectivity index (χ1v) is 6.83. The number of nitrogens with one attached hydrogen (secondary N) is 1.